The predicted molar refractivity (Wildman–Crippen MR) is 119 cm³/mol. The molecule has 4 atom stereocenters. The van der Waals surface area contributed by atoms with Crippen molar-refractivity contribution in [2.45, 2.75) is 141 Å². The predicted octanol–water partition coefficient (Wildman–Crippen LogP) is 7.58. The summed E-state index contributed by atoms with van der Waals surface area (Å²) >= 11 is 0. The molecule has 0 N–H and O–H groups in total. The third-order valence-electron chi connectivity index (χ3n) is 10.2. The summed E-state index contributed by atoms with van der Waals surface area (Å²) in [7, 11) is 0. The molecule has 0 spiro atoms. The van der Waals surface area contributed by atoms with Crippen molar-refractivity contribution in [3.05, 3.63) is 0 Å². The maximum Gasteiger partial charge on any atom is 0.0163 e. The fourth-order valence-electron chi connectivity index (χ4n) is 8.81. The van der Waals surface area contributed by atoms with Crippen LogP contribution in [0.15, 0.2) is 0 Å². The number of rotatable bonds is 3. The van der Waals surface area contributed by atoms with Gasteiger partial charge in [0, 0.05) is 18.1 Å². The molecule has 5 saturated carbocycles. The van der Waals surface area contributed by atoms with Crippen LogP contribution in [-0.4, -0.2) is 23.0 Å². The van der Waals surface area contributed by atoms with Crippen LogP contribution in [0.5, 0.6) is 0 Å². The van der Waals surface area contributed by atoms with Gasteiger partial charge >= 0.3 is 0 Å². The molecule has 5 aliphatic carbocycles. The zero-order valence-corrected chi connectivity index (χ0v) is 18.8. The minimum Gasteiger partial charge on any atom is -0.294 e. The summed E-state index contributed by atoms with van der Waals surface area (Å²) in [4.78, 5) is 3.32. The van der Waals surface area contributed by atoms with Crippen molar-refractivity contribution >= 4 is 0 Å². The van der Waals surface area contributed by atoms with E-state index in [-0.39, 0.29) is 0 Å². The van der Waals surface area contributed by atoms with Crippen LogP contribution in [-0.2, 0) is 0 Å². The first-order valence-electron chi connectivity index (χ1n) is 13.6. The lowest BCUT2D eigenvalue weighted by Gasteiger charge is -2.59. The maximum absolute atomic E-state index is 3.32. The topological polar surface area (TPSA) is 3.24 Å². The maximum atomic E-state index is 3.32. The van der Waals surface area contributed by atoms with Gasteiger partial charge in [-0.25, -0.2) is 0 Å². The second-order valence-corrected chi connectivity index (χ2v) is 11.8. The highest BCUT2D eigenvalue weighted by Crippen LogP contribution is 2.53. The molecule has 28 heavy (non-hydrogen) atoms. The van der Waals surface area contributed by atoms with Crippen molar-refractivity contribution in [3.63, 3.8) is 0 Å². The Morgan fingerprint density at radius 1 is 0.500 bits per heavy atom. The highest BCUT2D eigenvalue weighted by Gasteiger charge is 2.50. The van der Waals surface area contributed by atoms with Gasteiger partial charge < -0.3 is 0 Å². The van der Waals surface area contributed by atoms with Gasteiger partial charge in [0.2, 0.25) is 0 Å². The molecule has 160 valence electrons. The molecule has 0 bridgehead atoms. The summed E-state index contributed by atoms with van der Waals surface area (Å²) in [5, 5.41) is 0. The largest absolute Gasteiger partial charge is 0.294 e. The van der Waals surface area contributed by atoms with Gasteiger partial charge in [-0.15, -0.1) is 0 Å². The van der Waals surface area contributed by atoms with Crippen LogP contribution in [0.3, 0.4) is 0 Å². The molecule has 0 radical (unpaired) electrons. The van der Waals surface area contributed by atoms with E-state index in [1.165, 1.54) is 83.5 Å². The number of hydrogen-bond acceptors (Lipinski definition) is 1. The average Bonchev–Trinajstić information content (AvgIpc) is 2.75. The van der Waals surface area contributed by atoms with Gasteiger partial charge in [0.25, 0.3) is 0 Å². The Bertz CT molecular complexity index is 464. The van der Waals surface area contributed by atoms with Gasteiger partial charge in [0.15, 0.2) is 0 Å². The average molecular weight is 386 g/mol. The summed E-state index contributed by atoms with van der Waals surface area (Å²) in [5.74, 6) is 5.29. The van der Waals surface area contributed by atoms with E-state index in [9.17, 15) is 0 Å². The summed E-state index contributed by atoms with van der Waals surface area (Å²) in [5.41, 5.74) is 0. The smallest absolute Gasteiger partial charge is 0.0163 e. The number of fused-ring (bicyclic) bond motifs is 2. The Morgan fingerprint density at radius 3 is 1.61 bits per heavy atom. The van der Waals surface area contributed by atoms with Crippen molar-refractivity contribution in [2.75, 3.05) is 0 Å². The van der Waals surface area contributed by atoms with Crippen molar-refractivity contribution in [2.24, 2.45) is 29.6 Å². The Hall–Kier alpha value is -0.0400. The Morgan fingerprint density at radius 2 is 1.00 bits per heavy atom. The van der Waals surface area contributed by atoms with Crippen molar-refractivity contribution < 1.29 is 0 Å². The molecule has 0 aromatic rings. The normalized spacial score (nSPS) is 45.4. The minimum atomic E-state index is 0.938. The number of hydrogen-bond donors (Lipinski definition) is 0. The van der Waals surface area contributed by atoms with Gasteiger partial charge in [-0.1, -0.05) is 64.7 Å². The van der Waals surface area contributed by atoms with Gasteiger partial charge in [-0.2, -0.15) is 0 Å². The second-order valence-electron chi connectivity index (χ2n) is 11.8. The third-order valence-corrected chi connectivity index (χ3v) is 10.2. The zero-order chi connectivity index (χ0) is 18.9. The molecule has 1 heteroatoms. The van der Waals surface area contributed by atoms with Crippen LogP contribution in [0.4, 0.5) is 0 Å². The molecule has 0 heterocycles. The Balaban J connectivity index is 1.46. The van der Waals surface area contributed by atoms with E-state index < -0.39 is 0 Å². The molecule has 4 unspecified atom stereocenters. The van der Waals surface area contributed by atoms with E-state index in [2.05, 4.69) is 11.8 Å². The lowest BCUT2D eigenvalue weighted by Crippen LogP contribution is -2.61. The standard InChI is InChI=1S/C27H47N/c1-20-15-17-24(18-16-20)28(23-11-3-2-4-12-23)27-25-13-7-5-9-21(25)19-22-10-6-8-14-26(22)27/h20-27H,2-19H2,1H3. The Kier molecular flexibility index (Phi) is 6.39. The van der Waals surface area contributed by atoms with E-state index in [1.54, 1.807) is 32.1 Å². The monoisotopic (exact) mass is 385 g/mol. The fraction of sp³-hybridized carbons (Fsp3) is 1.00. The molecular formula is C27H47N. The molecule has 0 aromatic heterocycles. The van der Waals surface area contributed by atoms with E-state index in [1.807, 2.05) is 0 Å². The van der Waals surface area contributed by atoms with Gasteiger partial charge in [0.05, 0.1) is 0 Å². The molecular weight excluding hydrogens is 338 g/mol. The highest BCUT2D eigenvalue weighted by atomic mass is 15.2. The van der Waals surface area contributed by atoms with Gasteiger partial charge in [-0.05, 0) is 87.4 Å². The SMILES string of the molecule is CC1CCC(N(C2CCCCC2)C2C3CCCCC3CC3CCCCC32)CC1. The Labute approximate surface area is 175 Å². The van der Waals surface area contributed by atoms with E-state index in [0.717, 1.165) is 47.7 Å². The van der Waals surface area contributed by atoms with Crippen molar-refractivity contribution in [3.8, 4) is 0 Å². The first kappa shape index (κ1) is 19.9. The van der Waals surface area contributed by atoms with Crippen LogP contribution in [0.2, 0.25) is 0 Å². The molecule has 5 fully saturated rings. The van der Waals surface area contributed by atoms with Crippen LogP contribution in [0, 0.1) is 29.6 Å². The molecule has 0 aliphatic heterocycles. The van der Waals surface area contributed by atoms with Crippen LogP contribution in [0.25, 0.3) is 0 Å². The van der Waals surface area contributed by atoms with Gasteiger partial charge in [0.1, 0.15) is 0 Å². The highest BCUT2D eigenvalue weighted by molar-refractivity contribution is 5.03. The first-order chi connectivity index (χ1) is 13.8. The quantitative estimate of drug-likeness (QED) is 0.484. The second kappa shape index (κ2) is 8.99. The summed E-state index contributed by atoms with van der Waals surface area (Å²) in [6.45, 7) is 2.51. The molecule has 0 aromatic carbocycles. The summed E-state index contributed by atoms with van der Waals surface area (Å²) in [6.07, 6.45) is 27.7. The van der Waals surface area contributed by atoms with E-state index >= 15 is 0 Å². The summed E-state index contributed by atoms with van der Waals surface area (Å²) < 4.78 is 0. The van der Waals surface area contributed by atoms with Crippen LogP contribution < -0.4 is 0 Å². The third kappa shape index (κ3) is 3.95. The zero-order valence-electron chi connectivity index (χ0n) is 18.8. The van der Waals surface area contributed by atoms with Crippen LogP contribution >= 0.6 is 0 Å². The van der Waals surface area contributed by atoms with E-state index in [4.69, 9.17) is 0 Å². The van der Waals surface area contributed by atoms with E-state index in [0.29, 0.717) is 0 Å². The first-order valence-corrected chi connectivity index (χ1v) is 13.6. The molecule has 0 amide bonds. The molecule has 5 aliphatic rings. The van der Waals surface area contributed by atoms with Crippen molar-refractivity contribution in [1.82, 2.24) is 4.90 Å². The minimum absolute atomic E-state index is 0.938. The fourth-order valence-corrected chi connectivity index (χ4v) is 8.81. The van der Waals surface area contributed by atoms with Crippen molar-refractivity contribution in [1.29, 1.82) is 0 Å². The van der Waals surface area contributed by atoms with Gasteiger partial charge in [-0.3, -0.25) is 4.90 Å². The number of nitrogens with zero attached hydrogens (tertiary/aromatic N) is 1. The molecule has 5 rings (SSSR count). The lowest BCUT2D eigenvalue weighted by molar-refractivity contribution is -0.0923. The molecule has 0 saturated heterocycles. The van der Waals surface area contributed by atoms with Crippen LogP contribution in [0.1, 0.15) is 122 Å². The summed E-state index contributed by atoms with van der Waals surface area (Å²) in [6, 6.07) is 2.86. The molecule has 1 nitrogen and oxygen atoms in total. The lowest BCUT2D eigenvalue weighted by atomic mass is 9.56.